The summed E-state index contributed by atoms with van der Waals surface area (Å²) in [4.78, 5) is 0. The second-order valence-electron chi connectivity index (χ2n) is 2.06. The number of rotatable bonds is 4. The van der Waals surface area contributed by atoms with Crippen molar-refractivity contribution in [3.05, 3.63) is 0 Å². The zero-order valence-electron chi connectivity index (χ0n) is 5.30. The van der Waals surface area contributed by atoms with Gasteiger partial charge in [0.05, 0.1) is 1.93 Å². The van der Waals surface area contributed by atoms with E-state index in [1.54, 1.807) is 0 Å². The molecule has 0 saturated carbocycles. The highest BCUT2D eigenvalue weighted by atomic mass is 127. The van der Waals surface area contributed by atoms with E-state index in [2.05, 4.69) is 45.2 Å². The number of hydrogen-bond donors (Lipinski definition) is 3. The maximum atomic E-state index is 8.44. The third-order valence-electron chi connectivity index (χ3n) is 0.935. The largest absolute Gasteiger partial charge is 0.344 e. The minimum absolute atomic E-state index is 0.0233. The van der Waals surface area contributed by atoms with Gasteiger partial charge < -0.3 is 15.3 Å². The normalized spacial score (nSPS) is 12.6. The van der Waals surface area contributed by atoms with Gasteiger partial charge in [0.1, 0.15) is 0 Å². The summed E-state index contributed by atoms with van der Waals surface area (Å²) in [5.41, 5.74) is 0. The zero-order chi connectivity index (χ0) is 8.20. The topological polar surface area (TPSA) is 60.7 Å². The van der Waals surface area contributed by atoms with Crippen molar-refractivity contribution in [1.82, 2.24) is 0 Å². The van der Waals surface area contributed by atoms with Gasteiger partial charge in [-0.15, -0.1) is 0 Å². The van der Waals surface area contributed by atoms with Crippen LogP contribution in [0.3, 0.4) is 0 Å². The Labute approximate surface area is 87.1 Å². The molecule has 10 heavy (non-hydrogen) atoms. The average Bonchev–Trinajstić information content (AvgIpc) is 1.59. The molecule has 0 rings (SSSR count). The molecule has 0 aromatic heterocycles. The predicted molar refractivity (Wildman–Crippen MR) is 55.1 cm³/mol. The second-order valence-corrected chi connectivity index (χ2v) is 7.45. The van der Waals surface area contributed by atoms with Gasteiger partial charge in [-0.1, -0.05) is 45.2 Å². The molecule has 0 aliphatic carbocycles. The molecule has 0 aliphatic rings. The van der Waals surface area contributed by atoms with Gasteiger partial charge in [-0.3, -0.25) is 0 Å². The van der Waals surface area contributed by atoms with E-state index in [1.807, 2.05) is 0 Å². The van der Waals surface area contributed by atoms with Crippen LogP contribution in [0.5, 0.6) is 0 Å². The summed E-state index contributed by atoms with van der Waals surface area (Å²) < 4.78 is 0.484. The fourth-order valence-corrected chi connectivity index (χ4v) is 1.37. The lowest BCUT2D eigenvalue weighted by Crippen LogP contribution is -2.26. The quantitative estimate of drug-likeness (QED) is 0.392. The van der Waals surface area contributed by atoms with E-state index >= 15 is 0 Å². The SMILES string of the molecule is OC(O)(O)CCCC(I)I. The summed E-state index contributed by atoms with van der Waals surface area (Å²) in [5, 5.41) is 25.3. The smallest absolute Gasteiger partial charge is 0.275 e. The monoisotopic (exact) mass is 372 g/mol. The van der Waals surface area contributed by atoms with Crippen molar-refractivity contribution < 1.29 is 15.3 Å². The highest BCUT2D eigenvalue weighted by Crippen LogP contribution is 2.18. The Balaban J connectivity index is 3.21. The van der Waals surface area contributed by atoms with Gasteiger partial charge in [-0.2, -0.15) is 0 Å². The Bertz CT molecular complexity index is 89.4. The molecular weight excluding hydrogens is 362 g/mol. The van der Waals surface area contributed by atoms with Gasteiger partial charge in [0.15, 0.2) is 0 Å². The van der Waals surface area contributed by atoms with Crippen LogP contribution < -0.4 is 0 Å². The second kappa shape index (κ2) is 5.07. The molecule has 0 unspecified atom stereocenters. The first kappa shape index (κ1) is 11.3. The first-order valence-electron chi connectivity index (χ1n) is 2.87. The Hall–Kier alpha value is 1.34. The summed E-state index contributed by atoms with van der Waals surface area (Å²) in [6, 6.07) is 0. The maximum absolute atomic E-state index is 8.44. The molecule has 62 valence electrons. The fourth-order valence-electron chi connectivity index (χ4n) is 0.494. The van der Waals surface area contributed by atoms with Crippen molar-refractivity contribution >= 4 is 45.2 Å². The lowest BCUT2D eigenvalue weighted by Gasteiger charge is -2.13. The standard InChI is InChI=1S/C5H10I2O3/c6-4(7)2-1-3-5(8,9)10/h4,8-10H,1-3H2. The van der Waals surface area contributed by atoms with Crippen LogP contribution in [-0.4, -0.2) is 23.2 Å². The van der Waals surface area contributed by atoms with Crippen molar-refractivity contribution in [3.63, 3.8) is 0 Å². The van der Waals surface area contributed by atoms with E-state index < -0.39 is 5.97 Å². The highest BCUT2D eigenvalue weighted by Gasteiger charge is 2.17. The van der Waals surface area contributed by atoms with E-state index in [9.17, 15) is 0 Å². The van der Waals surface area contributed by atoms with Crippen LogP contribution >= 0.6 is 45.2 Å². The molecule has 5 heteroatoms. The molecule has 0 radical (unpaired) electrons. The van der Waals surface area contributed by atoms with E-state index in [0.29, 0.717) is 8.35 Å². The lowest BCUT2D eigenvalue weighted by molar-refractivity contribution is -0.314. The minimum Gasteiger partial charge on any atom is -0.344 e. The maximum Gasteiger partial charge on any atom is 0.275 e. The molecule has 0 fully saturated rings. The molecule has 0 spiro atoms. The van der Waals surface area contributed by atoms with Gasteiger partial charge in [0.25, 0.3) is 5.97 Å². The van der Waals surface area contributed by atoms with Crippen LogP contribution in [0.1, 0.15) is 19.3 Å². The van der Waals surface area contributed by atoms with Gasteiger partial charge in [0, 0.05) is 6.42 Å². The van der Waals surface area contributed by atoms with Crippen molar-refractivity contribution in [2.75, 3.05) is 0 Å². The molecular formula is C5H10I2O3. The third kappa shape index (κ3) is 9.34. The molecule has 0 amide bonds. The first-order valence-corrected chi connectivity index (χ1v) is 5.36. The number of aliphatic hydroxyl groups is 3. The molecule has 0 heterocycles. The van der Waals surface area contributed by atoms with E-state index in [1.165, 1.54) is 0 Å². The van der Waals surface area contributed by atoms with Crippen molar-refractivity contribution in [2.45, 2.75) is 27.2 Å². The van der Waals surface area contributed by atoms with Crippen molar-refractivity contribution in [1.29, 1.82) is 0 Å². The van der Waals surface area contributed by atoms with E-state index in [0.717, 1.165) is 6.42 Å². The lowest BCUT2D eigenvalue weighted by atomic mass is 10.2. The predicted octanol–water partition coefficient (Wildman–Crippen LogP) is 0.984. The Morgan fingerprint density at radius 3 is 2.00 bits per heavy atom. The number of alkyl halides is 2. The molecule has 0 saturated heterocycles. The Morgan fingerprint density at radius 1 is 1.20 bits per heavy atom. The van der Waals surface area contributed by atoms with Crippen LogP contribution in [0, 0.1) is 0 Å². The molecule has 0 aromatic carbocycles. The Kier molecular flexibility index (Phi) is 5.75. The van der Waals surface area contributed by atoms with Crippen LogP contribution in [0.15, 0.2) is 0 Å². The molecule has 3 N–H and O–H groups in total. The van der Waals surface area contributed by atoms with Crippen molar-refractivity contribution in [3.8, 4) is 0 Å². The van der Waals surface area contributed by atoms with Crippen LogP contribution in [0.25, 0.3) is 0 Å². The van der Waals surface area contributed by atoms with Crippen LogP contribution in [-0.2, 0) is 0 Å². The number of hydrogen-bond acceptors (Lipinski definition) is 3. The summed E-state index contributed by atoms with van der Waals surface area (Å²) in [6.45, 7) is 0. The molecule has 0 bridgehead atoms. The van der Waals surface area contributed by atoms with Gasteiger partial charge in [0.2, 0.25) is 0 Å². The Morgan fingerprint density at radius 2 is 1.70 bits per heavy atom. The summed E-state index contributed by atoms with van der Waals surface area (Å²) in [7, 11) is 0. The molecule has 0 atom stereocenters. The highest BCUT2D eigenvalue weighted by molar-refractivity contribution is 14.2. The van der Waals surface area contributed by atoms with Gasteiger partial charge in [-0.05, 0) is 12.8 Å². The zero-order valence-corrected chi connectivity index (χ0v) is 9.61. The fraction of sp³-hybridized carbons (Fsp3) is 1.00. The van der Waals surface area contributed by atoms with E-state index in [4.69, 9.17) is 15.3 Å². The minimum atomic E-state index is -2.47. The number of halogens is 2. The van der Waals surface area contributed by atoms with Crippen LogP contribution in [0.2, 0.25) is 0 Å². The van der Waals surface area contributed by atoms with Gasteiger partial charge in [-0.25, -0.2) is 0 Å². The first-order chi connectivity index (χ1) is 4.42. The summed E-state index contributed by atoms with van der Waals surface area (Å²) in [6.07, 6.45) is 1.53. The molecule has 0 aromatic rings. The molecule has 0 aliphatic heterocycles. The van der Waals surface area contributed by atoms with Crippen molar-refractivity contribution in [2.24, 2.45) is 0 Å². The van der Waals surface area contributed by atoms with E-state index in [-0.39, 0.29) is 6.42 Å². The summed E-state index contributed by atoms with van der Waals surface area (Å²) >= 11 is 4.47. The molecule has 3 nitrogen and oxygen atoms in total. The van der Waals surface area contributed by atoms with Crippen LogP contribution in [0.4, 0.5) is 0 Å². The third-order valence-corrected chi connectivity index (χ3v) is 2.18. The van der Waals surface area contributed by atoms with Gasteiger partial charge >= 0.3 is 0 Å². The summed E-state index contributed by atoms with van der Waals surface area (Å²) in [5.74, 6) is -2.47. The average molecular weight is 372 g/mol.